The van der Waals surface area contributed by atoms with Crippen LogP contribution < -0.4 is 4.90 Å². The van der Waals surface area contributed by atoms with Crippen LogP contribution in [-0.4, -0.2) is 35.2 Å². The maximum Gasteiger partial charge on any atom is 0.348 e. The Bertz CT molecular complexity index is 989. The summed E-state index contributed by atoms with van der Waals surface area (Å²) in [5.41, 5.74) is 1.68. The number of carbonyl (C=O) groups is 2. The normalized spacial score (nSPS) is 27.3. The van der Waals surface area contributed by atoms with Crippen LogP contribution >= 0.6 is 11.3 Å². The van der Waals surface area contributed by atoms with E-state index in [-0.39, 0.29) is 33.8 Å². The lowest BCUT2D eigenvalue weighted by Crippen LogP contribution is -2.47. The van der Waals surface area contributed by atoms with Gasteiger partial charge in [0.15, 0.2) is 0 Å². The summed E-state index contributed by atoms with van der Waals surface area (Å²) in [6, 6.07) is 1.83. The van der Waals surface area contributed by atoms with E-state index in [1.807, 2.05) is 31.7 Å². The number of carboxylic acid groups (broad SMARTS) is 1. The fraction of sp³-hybridized carbons (Fsp3) is 0.615. The zero-order valence-corrected chi connectivity index (χ0v) is 20.3. The predicted octanol–water partition coefficient (Wildman–Crippen LogP) is 5.63. The highest BCUT2D eigenvalue weighted by Crippen LogP contribution is 2.45. The average Bonchev–Trinajstić information content (AvgIpc) is 3.35. The molecule has 3 aliphatic rings. The van der Waals surface area contributed by atoms with Crippen molar-refractivity contribution in [2.24, 2.45) is 11.3 Å². The van der Waals surface area contributed by atoms with Gasteiger partial charge in [-0.15, -0.1) is 11.3 Å². The first-order chi connectivity index (χ1) is 15.1. The van der Waals surface area contributed by atoms with Gasteiger partial charge in [-0.1, -0.05) is 23.5 Å². The summed E-state index contributed by atoms with van der Waals surface area (Å²) in [6.07, 6.45) is 8.15. The molecule has 1 amide bonds. The third-order valence-corrected chi connectivity index (χ3v) is 7.76. The molecule has 1 aliphatic heterocycles. The van der Waals surface area contributed by atoms with E-state index in [0.717, 1.165) is 51.6 Å². The molecule has 6 heteroatoms. The van der Waals surface area contributed by atoms with Crippen LogP contribution in [0.5, 0.6) is 0 Å². The standard InChI is InChI=1S/C26H33NO4S/c1-17-5-7-18(8-6-17)23(28)27(19-9-13-26(14-10-19)16-31-26)21-15-20(11-12-25(2,3)4)32-22(21)24(29)30/h5,15,18-19H,6-10,13-14,16H2,1-4H3,(H,29,30)/t18-,19-,26+/m0/s1. The molecule has 5 nitrogen and oxygen atoms in total. The van der Waals surface area contributed by atoms with E-state index in [1.54, 1.807) is 0 Å². The first-order valence-corrected chi connectivity index (χ1v) is 12.4. The Morgan fingerprint density at radius 2 is 1.94 bits per heavy atom. The zero-order valence-electron chi connectivity index (χ0n) is 19.5. The van der Waals surface area contributed by atoms with Crippen molar-refractivity contribution >= 4 is 28.9 Å². The Morgan fingerprint density at radius 3 is 2.47 bits per heavy atom. The second-order valence-corrected chi connectivity index (χ2v) is 11.6. The van der Waals surface area contributed by atoms with Gasteiger partial charge in [-0.25, -0.2) is 4.79 Å². The summed E-state index contributed by atoms with van der Waals surface area (Å²) >= 11 is 1.17. The van der Waals surface area contributed by atoms with Crippen LogP contribution in [0.2, 0.25) is 0 Å². The molecular weight excluding hydrogens is 422 g/mol. The Balaban J connectivity index is 1.70. The summed E-state index contributed by atoms with van der Waals surface area (Å²) in [5, 5.41) is 9.97. The van der Waals surface area contributed by atoms with Gasteiger partial charge in [0.2, 0.25) is 5.91 Å². The highest BCUT2D eigenvalue weighted by atomic mass is 32.1. The molecule has 1 atom stereocenters. The number of allylic oxidation sites excluding steroid dienone is 2. The average molecular weight is 456 g/mol. The number of thiophene rings is 1. The largest absolute Gasteiger partial charge is 0.477 e. The van der Waals surface area contributed by atoms with Gasteiger partial charge < -0.3 is 14.7 Å². The summed E-state index contributed by atoms with van der Waals surface area (Å²) in [4.78, 5) is 28.7. The molecular formula is C26H33NO4S. The molecule has 1 N–H and O–H groups in total. The van der Waals surface area contributed by atoms with Gasteiger partial charge in [0.25, 0.3) is 0 Å². The van der Waals surface area contributed by atoms with Gasteiger partial charge in [-0.05, 0) is 78.7 Å². The van der Waals surface area contributed by atoms with Crippen molar-refractivity contribution in [3.05, 3.63) is 27.5 Å². The lowest BCUT2D eigenvalue weighted by molar-refractivity contribution is -0.123. The van der Waals surface area contributed by atoms with Crippen molar-refractivity contribution in [2.45, 2.75) is 84.3 Å². The molecule has 1 aromatic rings. The Morgan fingerprint density at radius 1 is 1.25 bits per heavy atom. The molecule has 0 bridgehead atoms. The van der Waals surface area contributed by atoms with E-state index in [1.165, 1.54) is 16.9 Å². The molecule has 4 rings (SSSR count). The second-order valence-electron chi connectivity index (χ2n) is 10.6. The van der Waals surface area contributed by atoms with Gasteiger partial charge in [0, 0.05) is 17.4 Å². The summed E-state index contributed by atoms with van der Waals surface area (Å²) in [7, 11) is 0. The van der Waals surface area contributed by atoms with E-state index in [0.29, 0.717) is 10.6 Å². The smallest absolute Gasteiger partial charge is 0.348 e. The van der Waals surface area contributed by atoms with E-state index >= 15 is 0 Å². The van der Waals surface area contributed by atoms with E-state index < -0.39 is 5.97 Å². The first kappa shape index (κ1) is 23.1. The maximum atomic E-state index is 13.8. The van der Waals surface area contributed by atoms with Crippen LogP contribution in [0.4, 0.5) is 5.69 Å². The molecule has 1 saturated carbocycles. The van der Waals surface area contributed by atoms with E-state index in [4.69, 9.17) is 4.74 Å². The van der Waals surface area contributed by atoms with Crippen LogP contribution in [0.25, 0.3) is 0 Å². The molecule has 2 heterocycles. The van der Waals surface area contributed by atoms with Crippen LogP contribution in [-0.2, 0) is 9.53 Å². The van der Waals surface area contributed by atoms with Crippen molar-refractivity contribution in [1.29, 1.82) is 0 Å². The number of hydrogen-bond donors (Lipinski definition) is 1. The molecule has 1 saturated heterocycles. The highest BCUT2D eigenvalue weighted by molar-refractivity contribution is 7.15. The molecule has 1 aromatic heterocycles. The molecule has 1 spiro atoms. The van der Waals surface area contributed by atoms with Gasteiger partial charge in [-0.3, -0.25) is 4.79 Å². The molecule has 2 aliphatic carbocycles. The topological polar surface area (TPSA) is 70.1 Å². The molecule has 0 unspecified atom stereocenters. The Labute approximate surface area is 194 Å². The molecule has 0 radical (unpaired) electrons. The Kier molecular flexibility index (Phi) is 6.26. The molecule has 0 aromatic carbocycles. The van der Waals surface area contributed by atoms with Crippen molar-refractivity contribution in [1.82, 2.24) is 0 Å². The Hall–Kier alpha value is -2.10. The lowest BCUT2D eigenvalue weighted by atomic mass is 9.83. The molecule has 2 fully saturated rings. The third-order valence-electron chi connectivity index (χ3n) is 6.74. The fourth-order valence-corrected chi connectivity index (χ4v) is 5.53. The van der Waals surface area contributed by atoms with Gasteiger partial charge in [0.1, 0.15) is 4.88 Å². The summed E-state index contributed by atoms with van der Waals surface area (Å²) in [5.74, 6) is 5.30. The number of epoxide rings is 1. The monoisotopic (exact) mass is 455 g/mol. The number of amides is 1. The quantitative estimate of drug-likeness (QED) is 0.363. The minimum absolute atomic E-state index is 0.000420. The number of carboxylic acids is 1. The first-order valence-electron chi connectivity index (χ1n) is 11.6. The zero-order chi connectivity index (χ0) is 23.1. The van der Waals surface area contributed by atoms with Crippen molar-refractivity contribution in [3.63, 3.8) is 0 Å². The van der Waals surface area contributed by atoms with Crippen molar-refractivity contribution in [3.8, 4) is 11.8 Å². The number of carbonyl (C=O) groups excluding carboxylic acids is 1. The van der Waals surface area contributed by atoms with Crippen LogP contribution in [0.1, 0.15) is 87.2 Å². The number of rotatable bonds is 4. The van der Waals surface area contributed by atoms with Crippen molar-refractivity contribution < 1.29 is 19.4 Å². The van der Waals surface area contributed by atoms with Crippen LogP contribution in [0.3, 0.4) is 0 Å². The second kappa shape index (κ2) is 8.68. The number of aromatic carboxylic acids is 1. The minimum Gasteiger partial charge on any atom is -0.477 e. The van der Waals surface area contributed by atoms with Gasteiger partial charge >= 0.3 is 5.97 Å². The van der Waals surface area contributed by atoms with Gasteiger partial charge in [0.05, 0.1) is 22.8 Å². The van der Waals surface area contributed by atoms with Crippen LogP contribution in [0.15, 0.2) is 17.7 Å². The van der Waals surface area contributed by atoms with E-state index in [9.17, 15) is 14.7 Å². The number of ether oxygens (including phenoxy) is 1. The highest BCUT2D eigenvalue weighted by Gasteiger charge is 2.49. The van der Waals surface area contributed by atoms with Gasteiger partial charge in [-0.2, -0.15) is 0 Å². The molecule has 32 heavy (non-hydrogen) atoms. The SMILES string of the molecule is CC1=CC[C@H](C(=O)N(c2cc(C#CC(C)(C)C)sc2C(=O)O)[C@H]2CC[C@@]3(CC2)CO3)CC1. The lowest BCUT2D eigenvalue weighted by Gasteiger charge is -2.38. The summed E-state index contributed by atoms with van der Waals surface area (Å²) < 4.78 is 5.67. The summed E-state index contributed by atoms with van der Waals surface area (Å²) in [6.45, 7) is 9.00. The van der Waals surface area contributed by atoms with Crippen LogP contribution in [0, 0.1) is 23.2 Å². The van der Waals surface area contributed by atoms with E-state index in [2.05, 4.69) is 24.8 Å². The molecule has 172 valence electrons. The minimum atomic E-state index is -0.996. The number of nitrogens with zero attached hydrogens (tertiary/aromatic N) is 1. The number of anilines is 1. The van der Waals surface area contributed by atoms with Crippen molar-refractivity contribution in [2.75, 3.05) is 11.5 Å². The third kappa shape index (κ3) is 5.10. The number of hydrogen-bond acceptors (Lipinski definition) is 4. The maximum absolute atomic E-state index is 13.8. The fourth-order valence-electron chi connectivity index (χ4n) is 4.68. The predicted molar refractivity (Wildman–Crippen MR) is 127 cm³/mol.